The van der Waals surface area contributed by atoms with Crippen LogP contribution in [0.25, 0.3) is 21.7 Å². The second-order valence-electron chi connectivity index (χ2n) is 5.44. The first-order valence-electron chi connectivity index (χ1n) is 7.66. The van der Waals surface area contributed by atoms with Gasteiger partial charge in [-0.05, 0) is 22.4 Å². The Kier molecular flexibility index (Phi) is 3.69. The molecule has 5 heteroatoms. The molecule has 0 bridgehead atoms. The summed E-state index contributed by atoms with van der Waals surface area (Å²) in [5.74, 6) is 0. The minimum atomic E-state index is -0.559. The molecule has 118 valence electrons. The zero-order valence-electron chi connectivity index (χ0n) is 12.8. The van der Waals surface area contributed by atoms with Gasteiger partial charge in [-0.3, -0.25) is 0 Å². The van der Waals surface area contributed by atoms with Crippen molar-refractivity contribution in [3.8, 4) is 0 Å². The monoisotopic (exact) mass is 317 g/mol. The van der Waals surface area contributed by atoms with Crippen LogP contribution in [0.3, 0.4) is 0 Å². The van der Waals surface area contributed by atoms with Gasteiger partial charge >= 0.3 is 6.09 Å². The first-order valence-corrected chi connectivity index (χ1v) is 7.66. The highest BCUT2D eigenvalue weighted by molar-refractivity contribution is 5.87. The van der Waals surface area contributed by atoms with Gasteiger partial charge < -0.3 is 4.84 Å². The molecule has 1 heterocycles. The van der Waals surface area contributed by atoms with Gasteiger partial charge in [0.2, 0.25) is 0 Å². The molecule has 0 atom stereocenters. The van der Waals surface area contributed by atoms with E-state index in [0.717, 1.165) is 27.2 Å². The summed E-state index contributed by atoms with van der Waals surface area (Å²) in [6.07, 6.45) is 1.08. The molecule has 0 saturated carbocycles. The average Bonchev–Trinajstić information content (AvgIpc) is 3.06. The Hall–Kier alpha value is -3.18. The fraction of sp³-hybridized carbons (Fsp3) is 0.0526. The third-order valence-corrected chi connectivity index (χ3v) is 3.95. The van der Waals surface area contributed by atoms with Crippen LogP contribution in [0, 0.1) is 0 Å². The van der Waals surface area contributed by atoms with Gasteiger partial charge in [-0.15, -0.1) is 5.48 Å². The lowest BCUT2D eigenvalue weighted by Crippen LogP contribution is -2.24. The van der Waals surface area contributed by atoms with Crippen molar-refractivity contribution in [2.24, 2.45) is 0 Å². The molecule has 0 aliphatic heterocycles. The standard InChI is InChI=1S/C19H15N3O2/c23-19(22-18-11-4-2-7-16(18)12-20-22)24-21-13-15-9-5-8-14-6-1-3-10-17(14)15/h1-12,21H,13H2. The summed E-state index contributed by atoms with van der Waals surface area (Å²) in [7, 11) is 0. The van der Waals surface area contributed by atoms with Gasteiger partial charge in [0.05, 0.1) is 18.3 Å². The molecule has 0 fully saturated rings. The quantitative estimate of drug-likeness (QED) is 0.583. The van der Waals surface area contributed by atoms with Crippen molar-refractivity contribution >= 4 is 27.8 Å². The maximum absolute atomic E-state index is 12.2. The molecule has 24 heavy (non-hydrogen) atoms. The molecule has 4 aromatic rings. The minimum Gasteiger partial charge on any atom is -0.352 e. The second kappa shape index (κ2) is 6.14. The molecule has 0 radical (unpaired) electrons. The summed E-state index contributed by atoms with van der Waals surface area (Å²) in [6.45, 7) is 0.423. The third-order valence-electron chi connectivity index (χ3n) is 3.95. The number of benzene rings is 3. The molecule has 0 aliphatic rings. The molecule has 0 saturated heterocycles. The Balaban J connectivity index is 1.48. The predicted molar refractivity (Wildman–Crippen MR) is 92.4 cm³/mol. The lowest BCUT2D eigenvalue weighted by molar-refractivity contribution is 0.0861. The number of fused-ring (bicyclic) bond motifs is 2. The molecular weight excluding hydrogens is 302 g/mol. The van der Waals surface area contributed by atoms with E-state index < -0.39 is 6.09 Å². The zero-order valence-corrected chi connectivity index (χ0v) is 12.8. The Labute approximate surface area is 138 Å². The van der Waals surface area contributed by atoms with Crippen molar-refractivity contribution in [3.05, 3.63) is 78.5 Å². The van der Waals surface area contributed by atoms with E-state index >= 15 is 0 Å². The Morgan fingerprint density at radius 2 is 1.71 bits per heavy atom. The van der Waals surface area contributed by atoms with Gasteiger partial charge in [0.1, 0.15) is 0 Å². The molecule has 1 aromatic heterocycles. The number of hydrogen-bond donors (Lipinski definition) is 1. The predicted octanol–water partition coefficient (Wildman–Crippen LogP) is 3.88. The second-order valence-corrected chi connectivity index (χ2v) is 5.44. The maximum Gasteiger partial charge on any atom is 0.454 e. The molecule has 3 aromatic carbocycles. The summed E-state index contributed by atoms with van der Waals surface area (Å²) in [5, 5.41) is 7.25. The fourth-order valence-electron chi connectivity index (χ4n) is 2.78. The maximum atomic E-state index is 12.2. The molecule has 0 amide bonds. The van der Waals surface area contributed by atoms with Gasteiger partial charge in [0.15, 0.2) is 0 Å². The lowest BCUT2D eigenvalue weighted by atomic mass is 10.1. The molecule has 4 rings (SSSR count). The van der Waals surface area contributed by atoms with Crippen LogP contribution in [-0.4, -0.2) is 15.9 Å². The van der Waals surface area contributed by atoms with Crippen molar-refractivity contribution in [3.63, 3.8) is 0 Å². The number of carbonyl (C=O) groups excluding carboxylic acids is 1. The van der Waals surface area contributed by atoms with E-state index in [0.29, 0.717) is 6.54 Å². The Bertz CT molecular complexity index is 1020. The van der Waals surface area contributed by atoms with E-state index in [9.17, 15) is 4.79 Å². The van der Waals surface area contributed by atoms with E-state index in [1.807, 2.05) is 48.5 Å². The first kappa shape index (κ1) is 14.4. The zero-order chi connectivity index (χ0) is 16.4. The summed E-state index contributed by atoms with van der Waals surface area (Å²) < 4.78 is 1.24. The minimum absolute atomic E-state index is 0.423. The van der Waals surface area contributed by atoms with Crippen molar-refractivity contribution in [1.82, 2.24) is 15.3 Å². The van der Waals surface area contributed by atoms with Crippen LogP contribution in [0.15, 0.2) is 72.9 Å². The van der Waals surface area contributed by atoms with Crippen LogP contribution < -0.4 is 5.48 Å². The first-order chi connectivity index (χ1) is 11.8. The highest BCUT2D eigenvalue weighted by atomic mass is 16.7. The lowest BCUT2D eigenvalue weighted by Gasteiger charge is -2.08. The number of hydroxylamine groups is 1. The number of para-hydroxylation sites is 1. The van der Waals surface area contributed by atoms with E-state index in [1.165, 1.54) is 4.68 Å². The molecule has 5 nitrogen and oxygen atoms in total. The van der Waals surface area contributed by atoms with Crippen LogP contribution in [0.5, 0.6) is 0 Å². The highest BCUT2D eigenvalue weighted by Gasteiger charge is 2.11. The normalized spacial score (nSPS) is 11.0. The Morgan fingerprint density at radius 3 is 2.62 bits per heavy atom. The van der Waals surface area contributed by atoms with Crippen molar-refractivity contribution < 1.29 is 9.63 Å². The summed E-state index contributed by atoms with van der Waals surface area (Å²) in [6, 6.07) is 21.6. The smallest absolute Gasteiger partial charge is 0.352 e. The van der Waals surface area contributed by atoms with E-state index in [2.05, 4.69) is 28.8 Å². The van der Waals surface area contributed by atoms with Crippen molar-refractivity contribution in [2.45, 2.75) is 6.54 Å². The topological polar surface area (TPSA) is 56.1 Å². The Morgan fingerprint density at radius 1 is 0.958 bits per heavy atom. The van der Waals surface area contributed by atoms with Gasteiger partial charge in [-0.1, -0.05) is 60.7 Å². The number of nitrogens with zero attached hydrogens (tertiary/aromatic N) is 2. The fourth-order valence-corrected chi connectivity index (χ4v) is 2.78. The van der Waals surface area contributed by atoms with Gasteiger partial charge in [0, 0.05) is 5.39 Å². The van der Waals surface area contributed by atoms with Crippen molar-refractivity contribution in [2.75, 3.05) is 0 Å². The van der Waals surface area contributed by atoms with Gasteiger partial charge in [0.25, 0.3) is 0 Å². The SMILES string of the molecule is O=C(ONCc1cccc2ccccc12)n1ncc2ccccc21. The van der Waals surface area contributed by atoms with Crippen LogP contribution in [-0.2, 0) is 11.4 Å². The number of hydrogen-bond acceptors (Lipinski definition) is 4. The summed E-state index contributed by atoms with van der Waals surface area (Å²) in [4.78, 5) is 17.3. The average molecular weight is 317 g/mol. The largest absolute Gasteiger partial charge is 0.454 e. The van der Waals surface area contributed by atoms with E-state index in [-0.39, 0.29) is 0 Å². The van der Waals surface area contributed by atoms with Gasteiger partial charge in [-0.25, -0.2) is 4.79 Å². The number of carbonyl (C=O) groups is 1. The van der Waals surface area contributed by atoms with Crippen LogP contribution in [0.4, 0.5) is 4.79 Å². The molecule has 0 unspecified atom stereocenters. The number of aromatic nitrogens is 2. The van der Waals surface area contributed by atoms with Crippen LogP contribution in [0.2, 0.25) is 0 Å². The van der Waals surface area contributed by atoms with Crippen molar-refractivity contribution in [1.29, 1.82) is 0 Å². The van der Waals surface area contributed by atoms with E-state index in [1.54, 1.807) is 6.20 Å². The van der Waals surface area contributed by atoms with Crippen LogP contribution >= 0.6 is 0 Å². The molecular formula is C19H15N3O2. The van der Waals surface area contributed by atoms with E-state index in [4.69, 9.17) is 4.84 Å². The number of rotatable bonds is 3. The van der Waals surface area contributed by atoms with Crippen LogP contribution in [0.1, 0.15) is 5.56 Å². The third kappa shape index (κ3) is 2.61. The summed E-state index contributed by atoms with van der Waals surface area (Å²) in [5.41, 5.74) is 4.51. The highest BCUT2D eigenvalue weighted by Crippen LogP contribution is 2.18. The van der Waals surface area contributed by atoms with Gasteiger partial charge in [-0.2, -0.15) is 9.78 Å². The molecule has 1 N–H and O–H groups in total. The number of nitrogens with one attached hydrogen (secondary N) is 1. The molecule has 0 aliphatic carbocycles. The molecule has 0 spiro atoms. The summed E-state index contributed by atoms with van der Waals surface area (Å²) >= 11 is 0.